The van der Waals surface area contributed by atoms with Crippen molar-refractivity contribution in [1.29, 1.82) is 0 Å². The fraction of sp³-hybridized carbons (Fsp3) is 0.474. The third kappa shape index (κ3) is 4.58. The number of nitrogens with one attached hydrogen (secondary N) is 1. The summed E-state index contributed by atoms with van der Waals surface area (Å²) in [7, 11) is 0. The van der Waals surface area contributed by atoms with E-state index in [0.717, 1.165) is 50.4 Å². The minimum atomic E-state index is 0. The van der Waals surface area contributed by atoms with E-state index in [0.29, 0.717) is 11.1 Å². The lowest BCUT2D eigenvalue weighted by Crippen LogP contribution is -2.44. The molecule has 0 atom stereocenters. The maximum Gasteiger partial charge on any atom is 0.273 e. The van der Waals surface area contributed by atoms with Crippen molar-refractivity contribution in [1.82, 2.24) is 15.2 Å². The Balaban J connectivity index is 0.00000121. The van der Waals surface area contributed by atoms with Crippen molar-refractivity contribution >= 4 is 42.1 Å². The first-order chi connectivity index (χ1) is 11.7. The van der Waals surface area contributed by atoms with Crippen LogP contribution in [-0.2, 0) is 6.42 Å². The second-order valence-corrected chi connectivity index (χ2v) is 7.95. The fourth-order valence-electron chi connectivity index (χ4n) is 3.83. The Bertz CT molecular complexity index is 707. The Kier molecular flexibility index (Phi) is 7.47. The van der Waals surface area contributed by atoms with Crippen LogP contribution in [0.4, 0.5) is 0 Å². The largest absolute Gasteiger partial charge is 0.337 e. The van der Waals surface area contributed by atoms with Gasteiger partial charge < -0.3 is 10.2 Å². The van der Waals surface area contributed by atoms with Gasteiger partial charge in [-0.3, -0.25) is 4.79 Å². The Hall–Kier alpha value is -1.14. The molecule has 3 heterocycles. The SMILES string of the molecule is Cl.Cl.O=C(c1csc(Cc2ccccc2)n1)N1CCC2(CCNC2)CC1. The van der Waals surface area contributed by atoms with Crippen molar-refractivity contribution in [2.45, 2.75) is 25.7 Å². The maximum absolute atomic E-state index is 12.7. The zero-order valence-electron chi connectivity index (χ0n) is 14.6. The second-order valence-electron chi connectivity index (χ2n) is 7.01. The van der Waals surface area contributed by atoms with Crippen molar-refractivity contribution in [3.63, 3.8) is 0 Å². The molecule has 0 bridgehead atoms. The number of aromatic nitrogens is 1. The normalized spacial score (nSPS) is 18.2. The highest BCUT2D eigenvalue weighted by molar-refractivity contribution is 7.09. The van der Waals surface area contributed by atoms with E-state index < -0.39 is 0 Å². The number of likely N-dealkylation sites (tertiary alicyclic amines) is 1. The van der Waals surface area contributed by atoms with Crippen molar-refractivity contribution in [3.8, 4) is 0 Å². The van der Waals surface area contributed by atoms with Crippen molar-refractivity contribution in [2.24, 2.45) is 5.41 Å². The number of hydrogen-bond donors (Lipinski definition) is 1. The first-order valence-corrected chi connectivity index (χ1v) is 9.60. The Morgan fingerprint density at radius 1 is 1.15 bits per heavy atom. The Morgan fingerprint density at radius 2 is 1.88 bits per heavy atom. The van der Waals surface area contributed by atoms with E-state index in [4.69, 9.17) is 0 Å². The van der Waals surface area contributed by atoms with E-state index in [1.807, 2.05) is 28.5 Å². The van der Waals surface area contributed by atoms with E-state index in [1.54, 1.807) is 11.3 Å². The van der Waals surface area contributed by atoms with Crippen LogP contribution in [0.25, 0.3) is 0 Å². The van der Waals surface area contributed by atoms with Crippen LogP contribution < -0.4 is 5.32 Å². The number of thiazole rings is 1. The molecule has 1 aromatic heterocycles. The minimum absolute atomic E-state index is 0. The van der Waals surface area contributed by atoms with Gasteiger partial charge in [-0.05, 0) is 36.8 Å². The summed E-state index contributed by atoms with van der Waals surface area (Å²) in [6.07, 6.45) is 4.29. The lowest BCUT2D eigenvalue weighted by molar-refractivity contribution is 0.0602. The summed E-state index contributed by atoms with van der Waals surface area (Å²) in [6, 6.07) is 10.3. The van der Waals surface area contributed by atoms with Gasteiger partial charge in [0.25, 0.3) is 5.91 Å². The molecule has 142 valence electrons. The Labute approximate surface area is 171 Å². The number of carbonyl (C=O) groups excluding carboxylic acids is 1. The van der Waals surface area contributed by atoms with Crippen LogP contribution >= 0.6 is 36.2 Å². The number of benzene rings is 1. The standard InChI is InChI=1S/C19H23N3OS.2ClH/c23-18(22-10-7-19(8-11-22)6-9-20-14-19)16-13-24-17(21-16)12-15-4-2-1-3-5-15;;/h1-5,13,20H,6-12,14H2;2*1H. The zero-order chi connectivity index (χ0) is 16.4. The summed E-state index contributed by atoms with van der Waals surface area (Å²) in [5, 5.41) is 6.40. The number of nitrogens with zero attached hydrogens (tertiary/aromatic N) is 2. The second kappa shape index (κ2) is 9.18. The first-order valence-electron chi connectivity index (χ1n) is 8.73. The molecule has 2 aromatic rings. The van der Waals surface area contributed by atoms with Gasteiger partial charge in [0.05, 0.1) is 5.01 Å². The Morgan fingerprint density at radius 3 is 2.54 bits per heavy atom. The van der Waals surface area contributed by atoms with Crippen LogP contribution in [0.3, 0.4) is 0 Å². The molecule has 26 heavy (non-hydrogen) atoms. The van der Waals surface area contributed by atoms with Gasteiger partial charge in [-0.25, -0.2) is 4.98 Å². The average molecular weight is 414 g/mol. The molecule has 0 radical (unpaired) electrons. The molecule has 0 aliphatic carbocycles. The van der Waals surface area contributed by atoms with E-state index >= 15 is 0 Å². The quantitative estimate of drug-likeness (QED) is 0.831. The number of amides is 1. The third-order valence-electron chi connectivity index (χ3n) is 5.41. The summed E-state index contributed by atoms with van der Waals surface area (Å²) in [6.45, 7) is 3.98. The average Bonchev–Trinajstić information content (AvgIpc) is 3.26. The minimum Gasteiger partial charge on any atom is -0.337 e. The van der Waals surface area contributed by atoms with E-state index in [1.165, 1.54) is 12.0 Å². The summed E-state index contributed by atoms with van der Waals surface area (Å²) in [4.78, 5) is 19.3. The number of halogens is 2. The molecule has 2 aliphatic heterocycles. The zero-order valence-corrected chi connectivity index (χ0v) is 17.1. The van der Waals surface area contributed by atoms with Gasteiger partial charge in [0, 0.05) is 31.4 Å². The number of rotatable bonds is 3. The summed E-state index contributed by atoms with van der Waals surface area (Å²) in [5.41, 5.74) is 2.29. The third-order valence-corrected chi connectivity index (χ3v) is 6.26. The van der Waals surface area contributed by atoms with Crippen molar-refractivity contribution in [2.75, 3.05) is 26.2 Å². The smallest absolute Gasteiger partial charge is 0.273 e. The first kappa shape index (κ1) is 21.2. The molecule has 1 N–H and O–H groups in total. The van der Waals surface area contributed by atoms with Crippen molar-refractivity contribution in [3.05, 3.63) is 52.0 Å². The molecular weight excluding hydrogens is 389 g/mol. The van der Waals surface area contributed by atoms with Crippen molar-refractivity contribution < 1.29 is 4.79 Å². The van der Waals surface area contributed by atoms with Crippen LogP contribution in [0.2, 0.25) is 0 Å². The van der Waals surface area contributed by atoms with Gasteiger partial charge >= 0.3 is 0 Å². The van der Waals surface area contributed by atoms with Gasteiger partial charge in [0.1, 0.15) is 5.69 Å². The van der Waals surface area contributed by atoms with Gasteiger partial charge in [0.15, 0.2) is 0 Å². The molecular formula is C19H25Cl2N3OS. The summed E-state index contributed by atoms with van der Waals surface area (Å²) in [5.74, 6) is 0.103. The molecule has 1 amide bonds. The lowest BCUT2D eigenvalue weighted by Gasteiger charge is -2.38. The van der Waals surface area contributed by atoms with Gasteiger partial charge in [-0.1, -0.05) is 30.3 Å². The van der Waals surface area contributed by atoms with E-state index in [-0.39, 0.29) is 30.7 Å². The molecule has 1 aromatic carbocycles. The van der Waals surface area contributed by atoms with Crippen LogP contribution in [0.1, 0.15) is 40.3 Å². The van der Waals surface area contributed by atoms with E-state index in [9.17, 15) is 4.79 Å². The van der Waals surface area contributed by atoms with Gasteiger partial charge in [-0.2, -0.15) is 0 Å². The number of piperidine rings is 1. The maximum atomic E-state index is 12.7. The molecule has 2 aliphatic rings. The predicted molar refractivity (Wildman–Crippen MR) is 111 cm³/mol. The molecule has 0 unspecified atom stereocenters. The number of hydrogen-bond acceptors (Lipinski definition) is 4. The lowest BCUT2D eigenvalue weighted by atomic mass is 9.78. The monoisotopic (exact) mass is 413 g/mol. The molecule has 7 heteroatoms. The summed E-state index contributed by atoms with van der Waals surface area (Å²) < 4.78 is 0. The molecule has 4 rings (SSSR count). The van der Waals surface area contributed by atoms with Crippen LogP contribution in [0, 0.1) is 5.41 Å². The van der Waals surface area contributed by atoms with Gasteiger partial charge in [-0.15, -0.1) is 36.2 Å². The van der Waals surface area contributed by atoms with E-state index in [2.05, 4.69) is 22.4 Å². The number of carbonyl (C=O) groups is 1. The van der Waals surface area contributed by atoms with Crippen LogP contribution in [-0.4, -0.2) is 42.0 Å². The topological polar surface area (TPSA) is 45.2 Å². The molecule has 1 spiro atoms. The molecule has 4 nitrogen and oxygen atoms in total. The summed E-state index contributed by atoms with van der Waals surface area (Å²) >= 11 is 1.59. The van der Waals surface area contributed by atoms with Gasteiger partial charge in [0.2, 0.25) is 0 Å². The highest BCUT2D eigenvalue weighted by Gasteiger charge is 2.38. The molecule has 0 saturated carbocycles. The fourth-order valence-corrected chi connectivity index (χ4v) is 4.63. The molecule has 2 saturated heterocycles. The molecule has 2 fully saturated rings. The highest BCUT2D eigenvalue weighted by atomic mass is 35.5. The highest BCUT2D eigenvalue weighted by Crippen LogP contribution is 2.37. The van der Waals surface area contributed by atoms with Crippen LogP contribution in [0.5, 0.6) is 0 Å². The van der Waals surface area contributed by atoms with Crippen LogP contribution in [0.15, 0.2) is 35.7 Å². The predicted octanol–water partition coefficient (Wildman–Crippen LogP) is 3.79.